The molecule has 0 heterocycles. The van der Waals surface area contributed by atoms with Crippen molar-refractivity contribution in [2.75, 3.05) is 25.1 Å². The first kappa shape index (κ1) is 22.8. The fraction of sp³-hybridized carbons (Fsp3) is 0.350. The van der Waals surface area contributed by atoms with Crippen LogP contribution < -0.4 is 19.1 Å². The SMILES string of the molecule is CC[C@@H](C)NC(=O)CN(c1ccc(Cl)cc1)S(=O)(=O)c1ccc(OC)c(OC)c1. The normalized spacial score (nSPS) is 12.2. The highest BCUT2D eigenvalue weighted by atomic mass is 35.5. The first-order chi connectivity index (χ1) is 13.7. The molecule has 2 aromatic carbocycles. The summed E-state index contributed by atoms with van der Waals surface area (Å²) in [5.74, 6) is 0.269. The molecule has 29 heavy (non-hydrogen) atoms. The summed E-state index contributed by atoms with van der Waals surface area (Å²) in [4.78, 5) is 12.5. The quantitative estimate of drug-likeness (QED) is 0.645. The average molecular weight is 441 g/mol. The van der Waals surface area contributed by atoms with Crippen LogP contribution in [0, 0.1) is 0 Å². The van der Waals surface area contributed by atoms with E-state index in [1.54, 1.807) is 24.3 Å². The van der Waals surface area contributed by atoms with E-state index in [-0.39, 0.29) is 23.2 Å². The van der Waals surface area contributed by atoms with Crippen LogP contribution in [0.1, 0.15) is 20.3 Å². The van der Waals surface area contributed by atoms with E-state index in [1.165, 1.54) is 32.4 Å². The molecule has 2 rings (SSSR count). The van der Waals surface area contributed by atoms with E-state index in [1.807, 2.05) is 13.8 Å². The number of nitrogens with zero attached hydrogens (tertiary/aromatic N) is 1. The third-order valence-electron chi connectivity index (χ3n) is 4.36. The third kappa shape index (κ3) is 5.55. The van der Waals surface area contributed by atoms with Crippen molar-refractivity contribution < 1.29 is 22.7 Å². The predicted molar refractivity (Wildman–Crippen MR) is 113 cm³/mol. The summed E-state index contributed by atoms with van der Waals surface area (Å²) in [5, 5.41) is 3.25. The van der Waals surface area contributed by atoms with Crippen molar-refractivity contribution in [1.29, 1.82) is 0 Å². The molecule has 9 heteroatoms. The number of hydrogen-bond donors (Lipinski definition) is 1. The van der Waals surface area contributed by atoms with Crippen LogP contribution in [0.5, 0.6) is 11.5 Å². The Morgan fingerprint density at radius 3 is 2.28 bits per heavy atom. The van der Waals surface area contributed by atoms with E-state index in [2.05, 4.69) is 5.32 Å². The lowest BCUT2D eigenvalue weighted by atomic mass is 10.2. The highest BCUT2D eigenvalue weighted by Crippen LogP contribution is 2.32. The lowest BCUT2D eigenvalue weighted by molar-refractivity contribution is -0.120. The van der Waals surface area contributed by atoms with Crippen LogP contribution in [0.3, 0.4) is 0 Å². The van der Waals surface area contributed by atoms with Crippen molar-refractivity contribution in [3.05, 3.63) is 47.5 Å². The Morgan fingerprint density at radius 1 is 1.10 bits per heavy atom. The first-order valence-electron chi connectivity index (χ1n) is 9.02. The second-order valence-electron chi connectivity index (χ2n) is 6.38. The molecule has 0 fully saturated rings. The number of carbonyl (C=O) groups is 1. The third-order valence-corrected chi connectivity index (χ3v) is 6.39. The molecule has 0 aromatic heterocycles. The van der Waals surface area contributed by atoms with Crippen LogP contribution in [0.4, 0.5) is 5.69 Å². The van der Waals surface area contributed by atoms with E-state index < -0.39 is 15.9 Å². The van der Waals surface area contributed by atoms with Crippen LogP contribution in [0.15, 0.2) is 47.4 Å². The molecule has 2 aromatic rings. The number of amides is 1. The summed E-state index contributed by atoms with van der Waals surface area (Å²) >= 11 is 5.94. The van der Waals surface area contributed by atoms with Gasteiger partial charge in [0.15, 0.2) is 11.5 Å². The Bertz CT molecular complexity index is 948. The van der Waals surface area contributed by atoms with Crippen LogP contribution in [0.2, 0.25) is 5.02 Å². The molecule has 0 bridgehead atoms. The number of methoxy groups -OCH3 is 2. The smallest absolute Gasteiger partial charge is 0.264 e. The molecule has 0 radical (unpaired) electrons. The van der Waals surface area contributed by atoms with E-state index in [4.69, 9.17) is 21.1 Å². The summed E-state index contributed by atoms with van der Waals surface area (Å²) in [7, 11) is -1.18. The summed E-state index contributed by atoms with van der Waals surface area (Å²) in [6, 6.07) is 10.5. The Labute approximate surface area is 176 Å². The summed E-state index contributed by atoms with van der Waals surface area (Å²) in [6.45, 7) is 3.41. The van der Waals surface area contributed by atoms with Gasteiger partial charge in [-0.05, 0) is 49.7 Å². The number of benzene rings is 2. The molecule has 0 unspecified atom stereocenters. The predicted octanol–water partition coefficient (Wildman–Crippen LogP) is 3.47. The second kappa shape index (κ2) is 9.84. The Morgan fingerprint density at radius 2 is 1.72 bits per heavy atom. The second-order valence-corrected chi connectivity index (χ2v) is 8.68. The fourth-order valence-electron chi connectivity index (χ4n) is 2.58. The van der Waals surface area contributed by atoms with Gasteiger partial charge in [0.05, 0.1) is 24.8 Å². The maximum atomic E-state index is 13.4. The zero-order valence-electron chi connectivity index (χ0n) is 16.8. The zero-order valence-corrected chi connectivity index (χ0v) is 18.4. The molecular formula is C20H25ClN2O5S. The summed E-state index contributed by atoms with van der Waals surface area (Å²) < 4.78 is 38.2. The van der Waals surface area contributed by atoms with Gasteiger partial charge in [-0.2, -0.15) is 0 Å². The molecule has 0 saturated heterocycles. The molecular weight excluding hydrogens is 416 g/mol. The van der Waals surface area contributed by atoms with Crippen LogP contribution in [-0.2, 0) is 14.8 Å². The van der Waals surface area contributed by atoms with Crippen molar-refractivity contribution in [1.82, 2.24) is 5.32 Å². The van der Waals surface area contributed by atoms with E-state index >= 15 is 0 Å². The van der Waals surface area contributed by atoms with Crippen molar-refractivity contribution in [2.45, 2.75) is 31.2 Å². The van der Waals surface area contributed by atoms with Crippen molar-refractivity contribution >= 4 is 33.2 Å². The Hall–Kier alpha value is -2.45. The summed E-state index contributed by atoms with van der Waals surface area (Å²) in [5.41, 5.74) is 0.323. The van der Waals surface area contributed by atoms with Gasteiger partial charge in [-0.25, -0.2) is 8.42 Å². The number of sulfonamides is 1. The molecule has 0 spiro atoms. The van der Waals surface area contributed by atoms with E-state index in [9.17, 15) is 13.2 Å². The monoisotopic (exact) mass is 440 g/mol. The van der Waals surface area contributed by atoms with Gasteiger partial charge in [-0.3, -0.25) is 9.10 Å². The average Bonchev–Trinajstić information content (AvgIpc) is 2.71. The van der Waals surface area contributed by atoms with Gasteiger partial charge in [0.1, 0.15) is 6.54 Å². The lowest BCUT2D eigenvalue weighted by Gasteiger charge is -2.25. The van der Waals surface area contributed by atoms with Gasteiger partial charge in [-0.15, -0.1) is 0 Å². The van der Waals surface area contributed by atoms with Gasteiger partial charge in [0.25, 0.3) is 10.0 Å². The topological polar surface area (TPSA) is 84.9 Å². The van der Waals surface area contributed by atoms with Crippen LogP contribution in [0.25, 0.3) is 0 Å². The molecule has 0 aliphatic rings. The van der Waals surface area contributed by atoms with Crippen molar-refractivity contribution in [2.24, 2.45) is 0 Å². The highest BCUT2D eigenvalue weighted by Gasteiger charge is 2.28. The van der Waals surface area contributed by atoms with Gasteiger partial charge in [0.2, 0.25) is 5.91 Å². The fourth-order valence-corrected chi connectivity index (χ4v) is 4.14. The van der Waals surface area contributed by atoms with Crippen molar-refractivity contribution in [3.8, 4) is 11.5 Å². The number of carbonyl (C=O) groups excluding carboxylic acids is 1. The zero-order chi connectivity index (χ0) is 21.6. The van der Waals surface area contributed by atoms with Crippen LogP contribution in [-0.4, -0.2) is 41.1 Å². The van der Waals surface area contributed by atoms with Crippen LogP contribution >= 0.6 is 11.6 Å². The standard InChI is InChI=1S/C20H25ClN2O5S/c1-5-14(2)22-20(24)13-23(16-8-6-15(21)7-9-16)29(25,26)17-10-11-18(27-3)19(12-17)28-4/h6-12,14H,5,13H2,1-4H3,(H,22,24)/t14-/m1/s1. The Kier molecular flexibility index (Phi) is 7.75. The minimum Gasteiger partial charge on any atom is -0.493 e. The maximum absolute atomic E-state index is 13.4. The number of nitrogens with one attached hydrogen (secondary N) is 1. The van der Waals surface area contributed by atoms with E-state index in [0.29, 0.717) is 16.5 Å². The van der Waals surface area contributed by atoms with Gasteiger partial charge >= 0.3 is 0 Å². The molecule has 158 valence electrons. The molecule has 1 N–H and O–H groups in total. The first-order valence-corrected chi connectivity index (χ1v) is 10.8. The molecule has 1 amide bonds. The largest absolute Gasteiger partial charge is 0.493 e. The van der Waals surface area contributed by atoms with Gasteiger partial charge in [-0.1, -0.05) is 18.5 Å². The Balaban J connectivity index is 2.48. The maximum Gasteiger partial charge on any atom is 0.264 e. The molecule has 7 nitrogen and oxygen atoms in total. The number of hydrogen-bond acceptors (Lipinski definition) is 5. The number of rotatable bonds is 9. The number of anilines is 1. The molecule has 1 atom stereocenters. The minimum absolute atomic E-state index is 0.0264. The number of ether oxygens (including phenoxy) is 2. The number of halogens is 1. The minimum atomic E-state index is -4.07. The molecule has 0 aliphatic heterocycles. The van der Waals surface area contributed by atoms with E-state index in [0.717, 1.165) is 10.7 Å². The molecule has 0 aliphatic carbocycles. The van der Waals surface area contributed by atoms with Gasteiger partial charge < -0.3 is 14.8 Å². The van der Waals surface area contributed by atoms with Crippen molar-refractivity contribution in [3.63, 3.8) is 0 Å². The summed E-state index contributed by atoms with van der Waals surface area (Å²) in [6.07, 6.45) is 0.731. The highest BCUT2D eigenvalue weighted by molar-refractivity contribution is 7.92. The lowest BCUT2D eigenvalue weighted by Crippen LogP contribution is -2.43. The molecule has 0 saturated carbocycles. The van der Waals surface area contributed by atoms with Gasteiger partial charge in [0, 0.05) is 17.1 Å².